The van der Waals surface area contributed by atoms with E-state index in [1.54, 1.807) is 24.3 Å². The topological polar surface area (TPSA) is 61.6 Å². The number of nitrogens with two attached hydrogens (primary N) is 1. The van der Waals surface area contributed by atoms with Gasteiger partial charge < -0.3 is 15.2 Å². The quantitative estimate of drug-likeness (QED) is 0.603. The highest BCUT2D eigenvalue weighted by Crippen LogP contribution is 2.23. The van der Waals surface area contributed by atoms with E-state index in [9.17, 15) is 4.79 Å². The van der Waals surface area contributed by atoms with Crippen LogP contribution in [-0.2, 0) is 0 Å². The van der Waals surface area contributed by atoms with Crippen molar-refractivity contribution < 1.29 is 14.3 Å². The first-order chi connectivity index (χ1) is 8.12. The Morgan fingerprint density at radius 1 is 1.35 bits per heavy atom. The summed E-state index contributed by atoms with van der Waals surface area (Å²) in [6.45, 7) is 3.56. The molecule has 4 heteroatoms. The highest BCUT2D eigenvalue weighted by atomic mass is 16.5. The van der Waals surface area contributed by atoms with Crippen molar-refractivity contribution in [3.8, 4) is 11.5 Å². The Morgan fingerprint density at radius 3 is 2.29 bits per heavy atom. The minimum absolute atomic E-state index is 0.151. The van der Waals surface area contributed by atoms with Crippen LogP contribution in [0.15, 0.2) is 30.9 Å². The van der Waals surface area contributed by atoms with Crippen molar-refractivity contribution in [2.24, 2.45) is 5.73 Å². The lowest BCUT2D eigenvalue weighted by Gasteiger charge is -2.11. The molecule has 0 saturated carbocycles. The van der Waals surface area contributed by atoms with E-state index >= 15 is 0 Å². The summed E-state index contributed by atoms with van der Waals surface area (Å²) in [4.78, 5) is 12.0. The molecule has 0 heterocycles. The number of ether oxygens (including phenoxy) is 2. The van der Waals surface area contributed by atoms with Gasteiger partial charge in [-0.1, -0.05) is 6.08 Å². The molecule has 0 fully saturated rings. The van der Waals surface area contributed by atoms with E-state index in [1.807, 2.05) is 0 Å². The minimum Gasteiger partial charge on any atom is -0.497 e. The molecular weight excluding hydrogens is 218 g/mol. The fourth-order valence-corrected chi connectivity index (χ4v) is 1.45. The number of hydrogen-bond acceptors (Lipinski definition) is 4. The highest BCUT2D eigenvalue weighted by molar-refractivity contribution is 6.00. The van der Waals surface area contributed by atoms with Crippen molar-refractivity contribution in [3.05, 3.63) is 36.4 Å². The van der Waals surface area contributed by atoms with Crippen LogP contribution in [0.1, 0.15) is 16.8 Å². The van der Waals surface area contributed by atoms with Gasteiger partial charge in [-0.25, -0.2) is 0 Å². The first-order valence-corrected chi connectivity index (χ1v) is 5.26. The standard InChI is InChI=1S/C13H17NO3/c1-4-5-12(14)13(15)9-6-10(16-2)8-11(7-9)17-3/h4,6-8,12H,1,5,14H2,2-3H3. The van der Waals surface area contributed by atoms with Gasteiger partial charge in [0.25, 0.3) is 0 Å². The SMILES string of the molecule is C=CCC(N)C(=O)c1cc(OC)cc(OC)c1. The van der Waals surface area contributed by atoms with Gasteiger partial charge in [0.2, 0.25) is 0 Å². The summed E-state index contributed by atoms with van der Waals surface area (Å²) in [6.07, 6.45) is 2.07. The maximum Gasteiger partial charge on any atom is 0.180 e. The summed E-state index contributed by atoms with van der Waals surface area (Å²) in [6, 6.07) is 4.42. The van der Waals surface area contributed by atoms with Crippen molar-refractivity contribution in [1.29, 1.82) is 0 Å². The zero-order chi connectivity index (χ0) is 12.8. The molecule has 92 valence electrons. The highest BCUT2D eigenvalue weighted by Gasteiger charge is 2.16. The molecule has 0 aliphatic heterocycles. The normalized spacial score (nSPS) is 11.7. The fourth-order valence-electron chi connectivity index (χ4n) is 1.45. The van der Waals surface area contributed by atoms with E-state index in [2.05, 4.69) is 6.58 Å². The van der Waals surface area contributed by atoms with Crippen LogP contribution in [-0.4, -0.2) is 26.0 Å². The maximum absolute atomic E-state index is 12.0. The molecular formula is C13H17NO3. The van der Waals surface area contributed by atoms with Crippen LogP contribution in [0.4, 0.5) is 0 Å². The van der Waals surface area contributed by atoms with Crippen LogP contribution in [0.3, 0.4) is 0 Å². The van der Waals surface area contributed by atoms with E-state index in [0.717, 1.165) is 0 Å². The molecule has 1 aromatic rings. The van der Waals surface area contributed by atoms with Gasteiger partial charge >= 0.3 is 0 Å². The average molecular weight is 235 g/mol. The lowest BCUT2D eigenvalue weighted by molar-refractivity contribution is 0.0961. The molecule has 17 heavy (non-hydrogen) atoms. The summed E-state index contributed by atoms with van der Waals surface area (Å²) in [5, 5.41) is 0. The summed E-state index contributed by atoms with van der Waals surface area (Å²) < 4.78 is 10.2. The first kappa shape index (κ1) is 13.3. The monoisotopic (exact) mass is 235 g/mol. The zero-order valence-corrected chi connectivity index (χ0v) is 10.1. The predicted molar refractivity (Wildman–Crippen MR) is 66.7 cm³/mol. The molecule has 0 saturated heterocycles. The van der Waals surface area contributed by atoms with Crippen molar-refractivity contribution in [2.45, 2.75) is 12.5 Å². The second-order valence-corrected chi connectivity index (χ2v) is 3.60. The van der Waals surface area contributed by atoms with E-state index in [4.69, 9.17) is 15.2 Å². The number of hydrogen-bond donors (Lipinski definition) is 1. The van der Waals surface area contributed by atoms with E-state index < -0.39 is 6.04 Å². The molecule has 4 nitrogen and oxygen atoms in total. The van der Waals surface area contributed by atoms with Crippen LogP contribution in [0, 0.1) is 0 Å². The van der Waals surface area contributed by atoms with Gasteiger partial charge in [0.1, 0.15) is 11.5 Å². The lowest BCUT2D eigenvalue weighted by atomic mass is 10.0. The molecule has 0 bridgehead atoms. The molecule has 1 atom stereocenters. The fraction of sp³-hybridized carbons (Fsp3) is 0.308. The lowest BCUT2D eigenvalue weighted by Crippen LogP contribution is -2.29. The van der Waals surface area contributed by atoms with Gasteiger partial charge in [0.05, 0.1) is 20.3 Å². The Labute approximate surface area is 101 Å². The zero-order valence-electron chi connectivity index (χ0n) is 10.1. The Morgan fingerprint density at radius 2 is 1.88 bits per heavy atom. The summed E-state index contributed by atoms with van der Waals surface area (Å²) in [5.41, 5.74) is 6.22. The third kappa shape index (κ3) is 3.32. The number of benzene rings is 1. The van der Waals surface area contributed by atoms with Crippen molar-refractivity contribution in [2.75, 3.05) is 14.2 Å². The Hall–Kier alpha value is -1.81. The molecule has 0 spiro atoms. The number of carbonyl (C=O) groups excluding carboxylic acids is 1. The van der Waals surface area contributed by atoms with Crippen LogP contribution in [0.5, 0.6) is 11.5 Å². The van der Waals surface area contributed by atoms with Gasteiger partial charge in [0.15, 0.2) is 5.78 Å². The Balaban J connectivity index is 3.03. The molecule has 1 aromatic carbocycles. The first-order valence-electron chi connectivity index (χ1n) is 5.26. The number of methoxy groups -OCH3 is 2. The molecule has 0 aromatic heterocycles. The van der Waals surface area contributed by atoms with E-state index in [1.165, 1.54) is 14.2 Å². The van der Waals surface area contributed by atoms with Crippen LogP contribution >= 0.6 is 0 Å². The summed E-state index contributed by atoms with van der Waals surface area (Å²) in [5.74, 6) is 0.985. The molecule has 0 aliphatic rings. The number of ketones is 1. The summed E-state index contributed by atoms with van der Waals surface area (Å²) in [7, 11) is 3.07. The third-order valence-electron chi connectivity index (χ3n) is 2.39. The third-order valence-corrected chi connectivity index (χ3v) is 2.39. The molecule has 0 amide bonds. The predicted octanol–water partition coefficient (Wildman–Crippen LogP) is 1.79. The summed E-state index contributed by atoms with van der Waals surface area (Å²) >= 11 is 0. The maximum atomic E-state index is 12.0. The number of Topliss-reactive ketones (excluding diaryl/α,β-unsaturated/α-hetero) is 1. The largest absolute Gasteiger partial charge is 0.497 e. The molecule has 2 N–H and O–H groups in total. The number of carbonyl (C=O) groups is 1. The molecule has 0 aliphatic carbocycles. The van der Waals surface area contributed by atoms with E-state index in [-0.39, 0.29) is 5.78 Å². The average Bonchev–Trinajstić information content (AvgIpc) is 2.37. The molecule has 1 rings (SSSR count). The van der Waals surface area contributed by atoms with Crippen molar-refractivity contribution in [3.63, 3.8) is 0 Å². The smallest absolute Gasteiger partial charge is 0.180 e. The van der Waals surface area contributed by atoms with Gasteiger partial charge in [-0.3, -0.25) is 4.79 Å². The second kappa shape index (κ2) is 6.06. The van der Waals surface area contributed by atoms with E-state index in [0.29, 0.717) is 23.5 Å². The minimum atomic E-state index is -0.579. The molecule has 0 radical (unpaired) electrons. The Bertz CT molecular complexity index is 393. The second-order valence-electron chi connectivity index (χ2n) is 3.60. The Kier molecular flexibility index (Phi) is 4.72. The van der Waals surface area contributed by atoms with Crippen LogP contribution in [0.25, 0.3) is 0 Å². The van der Waals surface area contributed by atoms with Gasteiger partial charge in [-0.05, 0) is 18.6 Å². The van der Waals surface area contributed by atoms with Crippen molar-refractivity contribution >= 4 is 5.78 Å². The van der Waals surface area contributed by atoms with Crippen LogP contribution < -0.4 is 15.2 Å². The van der Waals surface area contributed by atoms with Crippen molar-refractivity contribution in [1.82, 2.24) is 0 Å². The van der Waals surface area contributed by atoms with Gasteiger partial charge in [-0.2, -0.15) is 0 Å². The van der Waals surface area contributed by atoms with Gasteiger partial charge in [-0.15, -0.1) is 6.58 Å². The van der Waals surface area contributed by atoms with Gasteiger partial charge in [0, 0.05) is 11.6 Å². The van der Waals surface area contributed by atoms with Crippen LogP contribution in [0.2, 0.25) is 0 Å². The number of rotatable bonds is 6. The molecule has 1 unspecified atom stereocenters.